The summed E-state index contributed by atoms with van der Waals surface area (Å²) >= 11 is 9.31. The largest absolute Gasteiger partial charge is 0.384 e. The van der Waals surface area contributed by atoms with Gasteiger partial charge in [-0.25, -0.2) is 4.39 Å². The quantitative estimate of drug-likeness (QED) is 0.638. The van der Waals surface area contributed by atoms with Gasteiger partial charge in [-0.05, 0) is 50.6 Å². The van der Waals surface area contributed by atoms with Crippen LogP contribution in [0.2, 0.25) is 5.02 Å². The molecule has 1 unspecified atom stereocenters. The van der Waals surface area contributed by atoms with Crippen LogP contribution in [0.5, 0.6) is 0 Å². The molecule has 0 aromatic heterocycles. The first-order valence-electron chi connectivity index (χ1n) is 6.38. The molecule has 0 fully saturated rings. The molecule has 0 spiro atoms. The zero-order valence-corrected chi connectivity index (χ0v) is 13.2. The van der Waals surface area contributed by atoms with Gasteiger partial charge in [0.05, 0.1) is 5.02 Å². The summed E-state index contributed by atoms with van der Waals surface area (Å²) in [6.45, 7) is 0. The van der Waals surface area contributed by atoms with E-state index in [2.05, 4.69) is 15.9 Å². The van der Waals surface area contributed by atoms with Gasteiger partial charge in [-0.15, -0.1) is 0 Å². The average molecular weight is 366 g/mol. The maximum Gasteiger partial charge on any atom is 0.131 e. The van der Waals surface area contributed by atoms with E-state index in [1.54, 1.807) is 36.4 Å². The van der Waals surface area contributed by atoms with E-state index in [0.717, 1.165) is 0 Å². The van der Waals surface area contributed by atoms with Gasteiger partial charge in [-0.3, -0.25) is 0 Å². The SMILES string of the molecule is OC(c1ccc(Cl)c(Br)c1)c1ccc(F)c2ccccc12. The Kier molecular flexibility index (Phi) is 3.98. The predicted octanol–water partition coefficient (Wildman–Crippen LogP) is 5.48. The molecule has 0 saturated heterocycles. The first-order chi connectivity index (χ1) is 10.1. The Hall–Kier alpha value is -1.42. The highest BCUT2D eigenvalue weighted by atomic mass is 79.9. The molecule has 3 aromatic rings. The number of aliphatic hydroxyl groups is 1. The molecule has 3 rings (SSSR count). The van der Waals surface area contributed by atoms with Crippen LogP contribution in [-0.4, -0.2) is 5.11 Å². The molecule has 1 N–H and O–H groups in total. The number of benzene rings is 3. The highest BCUT2D eigenvalue weighted by Gasteiger charge is 2.16. The van der Waals surface area contributed by atoms with Crippen LogP contribution in [0.4, 0.5) is 4.39 Å². The minimum Gasteiger partial charge on any atom is -0.384 e. The summed E-state index contributed by atoms with van der Waals surface area (Å²) in [4.78, 5) is 0. The molecule has 0 saturated carbocycles. The van der Waals surface area contributed by atoms with E-state index >= 15 is 0 Å². The summed E-state index contributed by atoms with van der Waals surface area (Å²) in [6.07, 6.45) is -0.843. The van der Waals surface area contributed by atoms with Crippen molar-refractivity contribution in [3.63, 3.8) is 0 Å². The molecule has 3 aromatic carbocycles. The van der Waals surface area contributed by atoms with Crippen molar-refractivity contribution in [3.05, 3.63) is 81.0 Å². The van der Waals surface area contributed by atoms with Crippen LogP contribution in [0.1, 0.15) is 17.2 Å². The second-order valence-corrected chi connectivity index (χ2v) is 6.02. The van der Waals surface area contributed by atoms with E-state index in [1.165, 1.54) is 6.07 Å². The lowest BCUT2D eigenvalue weighted by molar-refractivity contribution is 0.222. The normalized spacial score (nSPS) is 12.6. The van der Waals surface area contributed by atoms with Crippen LogP contribution in [0.3, 0.4) is 0 Å². The lowest BCUT2D eigenvalue weighted by Gasteiger charge is -2.15. The molecule has 0 bridgehead atoms. The molecule has 4 heteroatoms. The summed E-state index contributed by atoms with van der Waals surface area (Å²) in [7, 11) is 0. The van der Waals surface area contributed by atoms with Crippen molar-refractivity contribution in [3.8, 4) is 0 Å². The predicted molar refractivity (Wildman–Crippen MR) is 87.1 cm³/mol. The van der Waals surface area contributed by atoms with Gasteiger partial charge in [0.2, 0.25) is 0 Å². The van der Waals surface area contributed by atoms with Crippen molar-refractivity contribution in [2.45, 2.75) is 6.10 Å². The van der Waals surface area contributed by atoms with Crippen molar-refractivity contribution < 1.29 is 9.50 Å². The third-order valence-corrected chi connectivity index (χ3v) is 4.67. The van der Waals surface area contributed by atoms with Crippen LogP contribution < -0.4 is 0 Å². The van der Waals surface area contributed by atoms with Gasteiger partial charge in [0, 0.05) is 9.86 Å². The molecule has 0 heterocycles. The minimum absolute atomic E-state index is 0.293. The molecule has 21 heavy (non-hydrogen) atoms. The summed E-state index contributed by atoms with van der Waals surface area (Å²) in [5, 5.41) is 12.4. The summed E-state index contributed by atoms with van der Waals surface area (Å²) in [6, 6.07) is 15.4. The fourth-order valence-electron chi connectivity index (χ4n) is 2.39. The van der Waals surface area contributed by atoms with Crippen LogP contribution in [0.15, 0.2) is 59.1 Å². The molecule has 0 aliphatic carbocycles. The number of rotatable bonds is 2. The van der Waals surface area contributed by atoms with E-state index in [4.69, 9.17) is 11.6 Å². The standard InChI is InChI=1S/C17H11BrClFO/c18-14-9-10(5-7-15(14)19)17(21)13-6-8-16(20)12-4-2-1-3-11(12)13/h1-9,17,21H. The van der Waals surface area contributed by atoms with Gasteiger partial charge in [0.15, 0.2) is 0 Å². The maximum atomic E-state index is 13.8. The third-order valence-electron chi connectivity index (χ3n) is 3.46. The van der Waals surface area contributed by atoms with E-state index in [1.807, 2.05) is 12.1 Å². The van der Waals surface area contributed by atoms with Gasteiger partial charge in [-0.2, -0.15) is 0 Å². The third kappa shape index (κ3) is 2.69. The summed E-state index contributed by atoms with van der Waals surface area (Å²) < 4.78 is 14.6. The Labute approximate surface area is 135 Å². The molecule has 1 atom stereocenters. The first-order valence-corrected chi connectivity index (χ1v) is 7.55. The van der Waals surface area contributed by atoms with Gasteiger partial charge in [0.1, 0.15) is 11.9 Å². The van der Waals surface area contributed by atoms with Gasteiger partial charge in [-0.1, -0.05) is 48.0 Å². The van der Waals surface area contributed by atoms with Crippen molar-refractivity contribution in [2.75, 3.05) is 0 Å². The molecule has 106 valence electrons. The average Bonchev–Trinajstić information content (AvgIpc) is 2.50. The molecule has 1 nitrogen and oxygen atoms in total. The topological polar surface area (TPSA) is 20.2 Å². The van der Waals surface area contributed by atoms with E-state index < -0.39 is 6.10 Å². The monoisotopic (exact) mass is 364 g/mol. The van der Waals surface area contributed by atoms with Crippen molar-refractivity contribution >= 4 is 38.3 Å². The Morgan fingerprint density at radius 1 is 1.00 bits per heavy atom. The Bertz CT molecular complexity index is 819. The Morgan fingerprint density at radius 2 is 1.71 bits per heavy atom. The number of aliphatic hydroxyl groups excluding tert-OH is 1. The van der Waals surface area contributed by atoms with Crippen LogP contribution in [0.25, 0.3) is 10.8 Å². The summed E-state index contributed by atoms with van der Waals surface area (Å²) in [5.41, 5.74) is 1.37. The summed E-state index contributed by atoms with van der Waals surface area (Å²) in [5.74, 6) is -0.293. The first kappa shape index (κ1) is 14.5. The molecule has 0 amide bonds. The fourth-order valence-corrected chi connectivity index (χ4v) is 2.90. The smallest absolute Gasteiger partial charge is 0.131 e. The number of hydrogen-bond acceptors (Lipinski definition) is 1. The zero-order valence-electron chi connectivity index (χ0n) is 10.9. The Balaban J connectivity index is 2.15. The van der Waals surface area contributed by atoms with Crippen molar-refractivity contribution in [2.24, 2.45) is 0 Å². The van der Waals surface area contributed by atoms with Crippen molar-refractivity contribution in [1.29, 1.82) is 0 Å². The highest BCUT2D eigenvalue weighted by molar-refractivity contribution is 9.10. The minimum atomic E-state index is -0.843. The van der Waals surface area contributed by atoms with E-state index in [-0.39, 0.29) is 5.82 Å². The van der Waals surface area contributed by atoms with Crippen LogP contribution in [-0.2, 0) is 0 Å². The zero-order chi connectivity index (χ0) is 15.0. The van der Waals surface area contributed by atoms with E-state index in [9.17, 15) is 9.50 Å². The number of fused-ring (bicyclic) bond motifs is 1. The van der Waals surface area contributed by atoms with Crippen molar-refractivity contribution in [1.82, 2.24) is 0 Å². The highest BCUT2D eigenvalue weighted by Crippen LogP contribution is 2.33. The number of halogens is 3. The van der Waals surface area contributed by atoms with Gasteiger partial charge >= 0.3 is 0 Å². The van der Waals surface area contributed by atoms with Gasteiger partial charge in [0.25, 0.3) is 0 Å². The lowest BCUT2D eigenvalue weighted by Crippen LogP contribution is -2.01. The molecule has 0 radical (unpaired) electrons. The second-order valence-electron chi connectivity index (χ2n) is 4.76. The molecule has 0 aliphatic heterocycles. The second kappa shape index (κ2) is 5.76. The van der Waals surface area contributed by atoms with Crippen LogP contribution >= 0.6 is 27.5 Å². The molecular formula is C17H11BrClFO. The maximum absolute atomic E-state index is 13.8. The lowest BCUT2D eigenvalue weighted by atomic mass is 9.96. The number of hydrogen-bond donors (Lipinski definition) is 1. The van der Waals surface area contributed by atoms with Crippen LogP contribution in [0, 0.1) is 5.82 Å². The van der Waals surface area contributed by atoms with Gasteiger partial charge < -0.3 is 5.11 Å². The Morgan fingerprint density at radius 3 is 2.43 bits per heavy atom. The fraction of sp³-hybridized carbons (Fsp3) is 0.0588. The van der Waals surface area contributed by atoms with E-state index in [0.29, 0.717) is 31.4 Å². The molecular weight excluding hydrogens is 355 g/mol. The molecule has 0 aliphatic rings.